The summed E-state index contributed by atoms with van der Waals surface area (Å²) in [4.78, 5) is 27.5. The fourth-order valence-electron chi connectivity index (χ4n) is 4.54. The minimum Gasteiger partial charge on any atom is -0.494 e. The molecule has 0 unspecified atom stereocenters. The molecule has 2 heterocycles. The van der Waals surface area contributed by atoms with Crippen LogP contribution in [0, 0.1) is 19.7 Å². The summed E-state index contributed by atoms with van der Waals surface area (Å²) in [5.74, 6) is -0.476. The first kappa shape index (κ1) is 25.4. The van der Waals surface area contributed by atoms with E-state index in [0.29, 0.717) is 35.0 Å². The average molecular weight is 509 g/mol. The van der Waals surface area contributed by atoms with Crippen molar-refractivity contribution in [1.82, 2.24) is 4.57 Å². The van der Waals surface area contributed by atoms with E-state index in [9.17, 15) is 14.0 Å². The average Bonchev–Trinajstić information content (AvgIpc) is 3.33. The Balaban J connectivity index is 1.80. The third kappa shape index (κ3) is 4.60. The van der Waals surface area contributed by atoms with E-state index in [2.05, 4.69) is 5.32 Å². The molecule has 188 valence electrons. The second-order valence-electron chi connectivity index (χ2n) is 8.25. The Kier molecular flexibility index (Phi) is 7.45. The number of benzene rings is 2. The summed E-state index contributed by atoms with van der Waals surface area (Å²) >= 11 is 1.30. The number of amides is 1. The largest absolute Gasteiger partial charge is 0.494 e. The van der Waals surface area contributed by atoms with Gasteiger partial charge in [0.2, 0.25) is 0 Å². The summed E-state index contributed by atoms with van der Waals surface area (Å²) in [6.45, 7) is 10.8. The van der Waals surface area contributed by atoms with E-state index in [1.165, 1.54) is 23.5 Å². The van der Waals surface area contributed by atoms with E-state index in [0.717, 1.165) is 27.1 Å². The Bertz CT molecular complexity index is 1440. The van der Waals surface area contributed by atoms with Gasteiger partial charge in [-0.1, -0.05) is 12.1 Å². The zero-order chi connectivity index (χ0) is 26.0. The zero-order valence-electron chi connectivity index (χ0n) is 21.0. The van der Waals surface area contributed by atoms with Crippen molar-refractivity contribution < 1.29 is 23.5 Å². The van der Waals surface area contributed by atoms with Gasteiger partial charge in [-0.15, -0.1) is 11.3 Å². The third-order valence-corrected chi connectivity index (χ3v) is 7.07. The number of carbonyl (C=O) groups excluding carboxylic acids is 2. The second-order valence-corrected chi connectivity index (χ2v) is 9.47. The van der Waals surface area contributed by atoms with Crippen molar-refractivity contribution in [3.8, 4) is 16.9 Å². The highest BCUT2D eigenvalue weighted by Crippen LogP contribution is 2.41. The van der Waals surface area contributed by atoms with E-state index < -0.39 is 5.97 Å². The molecule has 1 amide bonds. The van der Waals surface area contributed by atoms with Gasteiger partial charge in [-0.25, -0.2) is 9.18 Å². The lowest BCUT2D eigenvalue weighted by atomic mass is 10.0. The fraction of sp³-hybridized carbons (Fsp3) is 0.286. The summed E-state index contributed by atoms with van der Waals surface area (Å²) in [6.07, 6.45) is 0. The number of hydrogen-bond acceptors (Lipinski definition) is 5. The van der Waals surface area contributed by atoms with E-state index >= 15 is 0 Å². The van der Waals surface area contributed by atoms with Crippen LogP contribution in [-0.4, -0.2) is 29.7 Å². The molecule has 0 aliphatic heterocycles. The van der Waals surface area contributed by atoms with Gasteiger partial charge in [0.1, 0.15) is 27.8 Å². The smallest absolute Gasteiger partial charge is 0.341 e. The minimum absolute atomic E-state index is 0.190. The van der Waals surface area contributed by atoms with E-state index in [-0.39, 0.29) is 23.9 Å². The molecule has 0 saturated carbocycles. The van der Waals surface area contributed by atoms with Crippen LogP contribution in [0.1, 0.15) is 52.1 Å². The van der Waals surface area contributed by atoms with Gasteiger partial charge in [-0.05, 0) is 76.1 Å². The minimum atomic E-state index is -0.536. The number of aromatic nitrogens is 1. The summed E-state index contributed by atoms with van der Waals surface area (Å²) < 4.78 is 26.5. The molecular formula is C28H29FN2O4S. The molecule has 0 atom stereocenters. The third-order valence-electron chi connectivity index (χ3n) is 6.05. The molecule has 0 aliphatic rings. The Labute approximate surface area is 213 Å². The highest BCUT2D eigenvalue weighted by molar-refractivity contribution is 7.17. The molecule has 4 aromatic rings. The van der Waals surface area contributed by atoms with Crippen molar-refractivity contribution in [1.29, 1.82) is 0 Å². The van der Waals surface area contributed by atoms with E-state index in [1.807, 2.05) is 50.5 Å². The fourth-order valence-corrected chi connectivity index (χ4v) is 5.60. The first-order chi connectivity index (χ1) is 17.3. The van der Waals surface area contributed by atoms with Crippen molar-refractivity contribution in [2.75, 3.05) is 18.5 Å². The van der Waals surface area contributed by atoms with Gasteiger partial charge in [-0.3, -0.25) is 4.79 Å². The van der Waals surface area contributed by atoms with Gasteiger partial charge in [-0.2, -0.15) is 0 Å². The number of nitrogens with one attached hydrogen (secondary N) is 1. The maximum absolute atomic E-state index is 13.7. The number of hydrogen-bond donors (Lipinski definition) is 1. The van der Waals surface area contributed by atoms with Crippen LogP contribution in [-0.2, 0) is 11.3 Å². The predicted octanol–water partition coefficient (Wildman–Crippen LogP) is 6.97. The van der Waals surface area contributed by atoms with Gasteiger partial charge < -0.3 is 19.4 Å². The summed E-state index contributed by atoms with van der Waals surface area (Å²) in [7, 11) is 0. The lowest BCUT2D eigenvalue weighted by molar-refractivity contribution is 0.0529. The molecule has 8 heteroatoms. The van der Waals surface area contributed by atoms with Crippen molar-refractivity contribution >= 4 is 39.1 Å². The number of fused-ring (bicyclic) bond motifs is 1. The van der Waals surface area contributed by atoms with Crippen molar-refractivity contribution in [3.05, 3.63) is 70.0 Å². The number of thiophene rings is 1. The Morgan fingerprint density at radius 1 is 1.03 bits per heavy atom. The Hall–Kier alpha value is -3.65. The van der Waals surface area contributed by atoms with E-state index in [1.54, 1.807) is 19.1 Å². The molecule has 1 N–H and O–H groups in total. The Morgan fingerprint density at radius 3 is 2.39 bits per heavy atom. The number of aryl methyl sites for hydroxylation is 3. The van der Waals surface area contributed by atoms with Gasteiger partial charge in [0.05, 0.1) is 13.2 Å². The summed E-state index contributed by atoms with van der Waals surface area (Å²) in [5.41, 5.74) is 3.86. The molecule has 0 bridgehead atoms. The molecule has 0 radical (unpaired) electrons. The molecule has 0 saturated heterocycles. The van der Waals surface area contributed by atoms with Gasteiger partial charge in [0.25, 0.3) is 5.91 Å². The van der Waals surface area contributed by atoms with Crippen molar-refractivity contribution in [3.63, 3.8) is 0 Å². The molecular weight excluding hydrogens is 479 g/mol. The number of ether oxygens (including phenoxy) is 2. The number of anilines is 1. The summed E-state index contributed by atoms with van der Waals surface area (Å²) in [5, 5.41) is 4.32. The standard InChI is InChI=1S/C28H29FN2O4S/c1-6-31-22-14-13-20(34-7-2)15-21(22)16(4)25(31)26(32)30-27-24(28(33)35-8-3)23(17(5)36-27)18-9-11-19(29)12-10-18/h9-15H,6-8H2,1-5H3,(H,30,32). The molecule has 2 aromatic heterocycles. The van der Waals surface area contributed by atoms with E-state index in [4.69, 9.17) is 9.47 Å². The lowest BCUT2D eigenvalue weighted by Crippen LogP contribution is -2.19. The second kappa shape index (κ2) is 10.5. The molecule has 0 aliphatic carbocycles. The van der Waals surface area contributed by atoms with Crippen molar-refractivity contribution in [2.45, 2.75) is 41.2 Å². The van der Waals surface area contributed by atoms with Crippen LogP contribution in [0.5, 0.6) is 5.75 Å². The summed E-state index contributed by atoms with van der Waals surface area (Å²) in [6, 6.07) is 11.7. The molecule has 0 spiro atoms. The van der Waals surface area contributed by atoms with Crippen LogP contribution in [0.15, 0.2) is 42.5 Å². The predicted molar refractivity (Wildman–Crippen MR) is 142 cm³/mol. The van der Waals surface area contributed by atoms with Crippen LogP contribution >= 0.6 is 11.3 Å². The van der Waals surface area contributed by atoms with Crippen molar-refractivity contribution in [2.24, 2.45) is 0 Å². The van der Waals surface area contributed by atoms with Crippen LogP contribution in [0.4, 0.5) is 9.39 Å². The molecule has 36 heavy (non-hydrogen) atoms. The van der Waals surface area contributed by atoms with Crippen LogP contribution in [0.3, 0.4) is 0 Å². The van der Waals surface area contributed by atoms with Crippen LogP contribution < -0.4 is 10.1 Å². The quantitative estimate of drug-likeness (QED) is 0.261. The lowest BCUT2D eigenvalue weighted by Gasteiger charge is -2.11. The number of carbonyl (C=O) groups is 2. The maximum atomic E-state index is 13.7. The van der Waals surface area contributed by atoms with Crippen LogP contribution in [0.2, 0.25) is 0 Å². The van der Waals surface area contributed by atoms with Gasteiger partial charge in [0, 0.05) is 27.9 Å². The molecule has 4 rings (SSSR count). The first-order valence-electron chi connectivity index (χ1n) is 11.9. The number of halogens is 1. The number of nitrogens with zero attached hydrogens (tertiary/aromatic N) is 1. The van der Waals surface area contributed by atoms with Crippen LogP contribution in [0.25, 0.3) is 22.0 Å². The van der Waals surface area contributed by atoms with Gasteiger partial charge in [0.15, 0.2) is 0 Å². The molecule has 0 fully saturated rings. The van der Waals surface area contributed by atoms with Gasteiger partial charge >= 0.3 is 5.97 Å². The highest BCUT2D eigenvalue weighted by atomic mass is 32.1. The number of esters is 1. The Morgan fingerprint density at radius 2 is 1.75 bits per heavy atom. The number of rotatable bonds is 8. The topological polar surface area (TPSA) is 69.6 Å². The SMILES string of the molecule is CCOC(=O)c1c(NC(=O)c2c(C)c3cc(OCC)ccc3n2CC)sc(C)c1-c1ccc(F)cc1. The maximum Gasteiger partial charge on any atom is 0.341 e. The molecule has 6 nitrogen and oxygen atoms in total. The molecule has 2 aromatic carbocycles. The monoisotopic (exact) mass is 508 g/mol. The first-order valence-corrected chi connectivity index (χ1v) is 12.8. The normalized spacial score (nSPS) is 11.1. The highest BCUT2D eigenvalue weighted by Gasteiger charge is 2.28. The zero-order valence-corrected chi connectivity index (χ0v) is 21.8.